The number of nitrogens with one attached hydrogen (secondary N) is 1. The van der Waals surface area contributed by atoms with Gasteiger partial charge in [-0.3, -0.25) is 10.2 Å². The molecule has 0 amide bonds. The summed E-state index contributed by atoms with van der Waals surface area (Å²) in [6.07, 6.45) is 9.39. The van der Waals surface area contributed by atoms with E-state index in [-0.39, 0.29) is 5.78 Å². The summed E-state index contributed by atoms with van der Waals surface area (Å²) in [6, 6.07) is 9.05. The number of aryl methyl sites for hydroxylation is 1. The molecule has 0 saturated carbocycles. The van der Waals surface area contributed by atoms with E-state index in [1.54, 1.807) is 35.9 Å². The van der Waals surface area contributed by atoms with Gasteiger partial charge in [-0.05, 0) is 100 Å². The normalized spacial score (nSPS) is 14.2. The first-order chi connectivity index (χ1) is 19.8. The van der Waals surface area contributed by atoms with Crippen LogP contribution in [0, 0.1) is 17.2 Å². The molecule has 1 aliphatic heterocycles. The van der Waals surface area contributed by atoms with Crippen molar-refractivity contribution < 1.29 is 9.53 Å². The fourth-order valence-corrected chi connectivity index (χ4v) is 5.39. The van der Waals surface area contributed by atoms with Crippen LogP contribution in [0.1, 0.15) is 93.5 Å². The van der Waals surface area contributed by atoms with Crippen LogP contribution in [0.5, 0.6) is 5.75 Å². The number of carbonyl (C=O) groups is 1. The highest BCUT2D eigenvalue weighted by molar-refractivity contribution is 6.09. The number of benzene rings is 1. The van der Waals surface area contributed by atoms with Gasteiger partial charge in [-0.25, -0.2) is 9.50 Å². The maximum Gasteiger partial charge on any atom is 0.213 e. The maximum atomic E-state index is 13.7. The number of rotatable bonds is 14. The van der Waals surface area contributed by atoms with Gasteiger partial charge in [0, 0.05) is 30.4 Å². The van der Waals surface area contributed by atoms with E-state index >= 15 is 0 Å². The number of ketones is 1. The van der Waals surface area contributed by atoms with Crippen LogP contribution in [-0.2, 0) is 6.42 Å². The van der Waals surface area contributed by atoms with E-state index in [0.717, 1.165) is 57.5 Å². The van der Waals surface area contributed by atoms with E-state index in [1.807, 2.05) is 12.3 Å². The average molecular weight is 561 g/mol. The molecule has 0 spiro atoms. The summed E-state index contributed by atoms with van der Waals surface area (Å²) in [5.41, 5.74) is 3.20. The minimum absolute atomic E-state index is 0.113. The monoisotopic (exact) mass is 560 g/mol. The van der Waals surface area contributed by atoms with Crippen molar-refractivity contribution in [2.75, 3.05) is 39.8 Å². The third-order valence-corrected chi connectivity index (χ3v) is 8.01. The second-order valence-corrected chi connectivity index (χ2v) is 12.2. The van der Waals surface area contributed by atoms with Gasteiger partial charge in [-0.2, -0.15) is 5.10 Å². The summed E-state index contributed by atoms with van der Waals surface area (Å²) in [5.74, 6) is 2.17. The number of fused-ring (bicyclic) bond motifs is 1. The molecule has 2 aromatic heterocycles. The molecule has 0 unspecified atom stereocenters. The summed E-state index contributed by atoms with van der Waals surface area (Å²) < 4.78 is 7.00. The zero-order valence-electron chi connectivity index (χ0n) is 25.7. The van der Waals surface area contributed by atoms with Crippen molar-refractivity contribution in [1.29, 1.82) is 5.41 Å². The number of amidine groups is 1. The van der Waals surface area contributed by atoms with Crippen molar-refractivity contribution in [3.63, 3.8) is 0 Å². The number of nitrogens with zero attached hydrogens (tertiary/aromatic N) is 5. The molecular formula is C33H48N6O2. The third-order valence-electron chi connectivity index (χ3n) is 8.01. The molecule has 1 aliphatic rings. The Morgan fingerprint density at radius 1 is 1.00 bits per heavy atom. The number of hydrogen-bond acceptors (Lipinski definition) is 6. The van der Waals surface area contributed by atoms with Crippen molar-refractivity contribution in [3.05, 3.63) is 59.0 Å². The summed E-state index contributed by atoms with van der Waals surface area (Å²) in [5, 5.41) is 13.8. The Morgan fingerprint density at radius 2 is 1.66 bits per heavy atom. The van der Waals surface area contributed by atoms with E-state index in [4.69, 9.17) is 20.2 Å². The molecule has 222 valence electrons. The van der Waals surface area contributed by atoms with Crippen LogP contribution in [0.2, 0.25) is 0 Å². The minimum atomic E-state index is -0.113. The summed E-state index contributed by atoms with van der Waals surface area (Å²) in [7, 11) is 1.62. The van der Waals surface area contributed by atoms with Crippen molar-refractivity contribution in [2.24, 2.45) is 11.8 Å². The van der Waals surface area contributed by atoms with Crippen LogP contribution in [0.3, 0.4) is 0 Å². The predicted octanol–water partition coefficient (Wildman–Crippen LogP) is 6.11. The van der Waals surface area contributed by atoms with Crippen LogP contribution in [-0.4, -0.2) is 75.9 Å². The Morgan fingerprint density at radius 3 is 2.27 bits per heavy atom. The first-order valence-corrected chi connectivity index (χ1v) is 15.4. The van der Waals surface area contributed by atoms with Gasteiger partial charge >= 0.3 is 0 Å². The highest BCUT2D eigenvalue weighted by Gasteiger charge is 2.24. The summed E-state index contributed by atoms with van der Waals surface area (Å²) in [6.45, 7) is 13.8. The van der Waals surface area contributed by atoms with Crippen LogP contribution in [0.25, 0.3) is 5.65 Å². The molecule has 0 bridgehead atoms. The zero-order chi connectivity index (χ0) is 29.4. The van der Waals surface area contributed by atoms with Gasteiger partial charge < -0.3 is 14.5 Å². The lowest BCUT2D eigenvalue weighted by Gasteiger charge is -2.26. The van der Waals surface area contributed by atoms with E-state index < -0.39 is 0 Å². The topological polar surface area (TPSA) is 86.8 Å². The van der Waals surface area contributed by atoms with Crippen LogP contribution >= 0.6 is 0 Å². The molecule has 0 atom stereocenters. The highest BCUT2D eigenvalue weighted by Crippen LogP contribution is 2.23. The van der Waals surface area contributed by atoms with Crippen molar-refractivity contribution in [3.8, 4) is 5.75 Å². The average Bonchev–Trinajstić information content (AvgIpc) is 3.34. The first kappa shape index (κ1) is 30.7. The second-order valence-electron chi connectivity index (χ2n) is 12.2. The van der Waals surface area contributed by atoms with Crippen LogP contribution in [0.4, 0.5) is 0 Å². The largest absolute Gasteiger partial charge is 0.497 e. The van der Waals surface area contributed by atoms with Gasteiger partial charge in [-0.15, -0.1) is 0 Å². The number of methoxy groups -OCH3 is 1. The lowest BCUT2D eigenvalue weighted by molar-refractivity contribution is 0.103. The lowest BCUT2D eigenvalue weighted by atomic mass is 10.0. The van der Waals surface area contributed by atoms with E-state index in [9.17, 15) is 4.79 Å². The van der Waals surface area contributed by atoms with Gasteiger partial charge in [0.1, 0.15) is 23.0 Å². The quantitative estimate of drug-likeness (QED) is 0.146. The predicted molar refractivity (Wildman–Crippen MR) is 165 cm³/mol. The van der Waals surface area contributed by atoms with Gasteiger partial charge in [0.25, 0.3) is 0 Å². The molecule has 0 aliphatic carbocycles. The van der Waals surface area contributed by atoms with Crippen LogP contribution in [0.15, 0.2) is 36.5 Å². The number of hydrogen-bond donors (Lipinski definition) is 1. The number of likely N-dealkylation sites (tertiary alicyclic amines) is 1. The minimum Gasteiger partial charge on any atom is -0.497 e. The Balaban J connectivity index is 1.66. The third kappa shape index (κ3) is 8.15. The molecule has 1 N–H and O–H groups in total. The van der Waals surface area contributed by atoms with E-state index in [2.05, 4.69) is 37.5 Å². The first-order valence-electron chi connectivity index (χ1n) is 15.4. The smallest absolute Gasteiger partial charge is 0.213 e. The SMILES string of the molecule is COc1ccc(C(=O)c2nn3ccc(C(=N)N(CCC(C)C)CCC(C)C)nc3c2CCCN2CCCCC2)cc1. The molecule has 3 aromatic rings. The van der Waals surface area contributed by atoms with Gasteiger partial charge in [0.05, 0.1) is 7.11 Å². The summed E-state index contributed by atoms with van der Waals surface area (Å²) >= 11 is 0. The highest BCUT2D eigenvalue weighted by atomic mass is 16.5. The Labute approximate surface area is 245 Å². The summed E-state index contributed by atoms with van der Waals surface area (Å²) in [4.78, 5) is 23.4. The fraction of sp³-hybridized carbons (Fsp3) is 0.576. The Hall–Kier alpha value is -3.26. The number of carbonyl (C=O) groups excluding carboxylic acids is 1. The van der Waals surface area contributed by atoms with Gasteiger partial charge in [0.15, 0.2) is 5.65 Å². The lowest BCUT2D eigenvalue weighted by Crippen LogP contribution is -2.34. The molecule has 41 heavy (non-hydrogen) atoms. The molecule has 1 aromatic carbocycles. The van der Waals surface area contributed by atoms with Crippen molar-refractivity contribution >= 4 is 17.3 Å². The van der Waals surface area contributed by atoms with E-state index in [1.165, 1.54) is 19.3 Å². The molecule has 8 nitrogen and oxygen atoms in total. The van der Waals surface area contributed by atoms with Gasteiger partial charge in [0.2, 0.25) is 5.78 Å². The molecule has 1 fully saturated rings. The molecule has 1 saturated heterocycles. The zero-order valence-corrected chi connectivity index (χ0v) is 25.7. The fourth-order valence-electron chi connectivity index (χ4n) is 5.39. The number of piperidine rings is 1. The number of ether oxygens (including phenoxy) is 1. The molecule has 4 rings (SSSR count). The van der Waals surface area contributed by atoms with Crippen LogP contribution < -0.4 is 4.74 Å². The van der Waals surface area contributed by atoms with Crippen molar-refractivity contribution in [1.82, 2.24) is 24.4 Å². The molecule has 0 radical (unpaired) electrons. The Kier molecular flexibility index (Phi) is 10.9. The second kappa shape index (κ2) is 14.6. The molecule has 8 heteroatoms. The Bertz CT molecular complexity index is 1280. The maximum absolute atomic E-state index is 13.7. The molecular weight excluding hydrogens is 512 g/mol. The standard InChI is InChI=1S/C33H48N6O2/c1-24(2)15-21-38(22-16-25(3)4)32(34)29-17-23-39-33(35-29)28(10-9-20-37-18-7-6-8-19-37)30(36-39)31(40)26-11-13-27(41-5)14-12-26/h11-14,17,23-25,34H,6-10,15-16,18-22H2,1-5H3. The van der Waals surface area contributed by atoms with Gasteiger partial charge in [-0.1, -0.05) is 34.1 Å². The van der Waals surface area contributed by atoms with Crippen molar-refractivity contribution in [2.45, 2.75) is 72.6 Å². The number of aromatic nitrogens is 3. The molecule has 3 heterocycles. The van der Waals surface area contributed by atoms with E-state index in [0.29, 0.717) is 52.4 Å².